The Balaban J connectivity index is 1.96. The van der Waals surface area contributed by atoms with E-state index in [2.05, 4.69) is 10.6 Å². The van der Waals surface area contributed by atoms with E-state index in [1.807, 2.05) is 0 Å². The van der Waals surface area contributed by atoms with E-state index in [0.717, 1.165) is 31.0 Å². The molecule has 1 aromatic rings. The van der Waals surface area contributed by atoms with Crippen molar-refractivity contribution in [1.29, 1.82) is 0 Å². The third-order valence-corrected chi connectivity index (χ3v) is 2.56. The molecule has 5 heteroatoms. The summed E-state index contributed by atoms with van der Waals surface area (Å²) in [5, 5.41) is 5.58. The van der Waals surface area contributed by atoms with Crippen molar-refractivity contribution in [2.45, 2.75) is 31.8 Å². The molecule has 17 heavy (non-hydrogen) atoms. The van der Waals surface area contributed by atoms with Gasteiger partial charge in [0.25, 0.3) is 0 Å². The zero-order chi connectivity index (χ0) is 12.4. The molecular weight excluding hydrogens is 226 g/mol. The highest BCUT2D eigenvalue weighted by Crippen LogP contribution is 2.19. The second-order valence-electron chi connectivity index (χ2n) is 4.31. The van der Waals surface area contributed by atoms with Gasteiger partial charge >= 0.3 is 0 Å². The maximum atomic E-state index is 12.9. The Morgan fingerprint density at radius 2 is 1.88 bits per heavy atom. The molecule has 1 saturated carbocycles. The second kappa shape index (κ2) is 4.69. The number of anilines is 1. The molecule has 1 aromatic carbocycles. The van der Waals surface area contributed by atoms with E-state index < -0.39 is 17.7 Å². The predicted molar refractivity (Wildman–Crippen MR) is 60.6 cm³/mol. The molecular formula is C12H14F2N2O. The highest BCUT2D eigenvalue weighted by atomic mass is 19.1. The summed E-state index contributed by atoms with van der Waals surface area (Å²) in [4.78, 5) is 11.6. The smallest absolute Gasteiger partial charge is 0.242 e. The fraction of sp³-hybridized carbons (Fsp3) is 0.417. The molecule has 1 atom stereocenters. The van der Waals surface area contributed by atoms with Crippen LogP contribution in [0.1, 0.15) is 19.8 Å². The number of hydrogen-bond acceptors (Lipinski definition) is 2. The average Bonchev–Trinajstić information content (AvgIpc) is 2.99. The topological polar surface area (TPSA) is 41.1 Å². The maximum Gasteiger partial charge on any atom is 0.242 e. The van der Waals surface area contributed by atoms with Crippen LogP contribution in [0.2, 0.25) is 0 Å². The van der Waals surface area contributed by atoms with E-state index in [1.54, 1.807) is 6.92 Å². The van der Waals surface area contributed by atoms with Gasteiger partial charge in [0.05, 0.1) is 0 Å². The molecule has 2 N–H and O–H groups in total. The quantitative estimate of drug-likeness (QED) is 0.845. The van der Waals surface area contributed by atoms with Crippen LogP contribution < -0.4 is 10.6 Å². The van der Waals surface area contributed by atoms with Crippen LogP contribution in [-0.4, -0.2) is 18.0 Å². The van der Waals surface area contributed by atoms with Crippen LogP contribution >= 0.6 is 0 Å². The zero-order valence-corrected chi connectivity index (χ0v) is 9.47. The standard InChI is InChI=1S/C12H14F2N2O/c1-7(12(17)16-10-2-3-10)15-11-5-8(13)4-9(14)6-11/h4-7,10,15H,2-3H2,1H3,(H,16,17). The molecule has 3 nitrogen and oxygen atoms in total. The summed E-state index contributed by atoms with van der Waals surface area (Å²) >= 11 is 0. The lowest BCUT2D eigenvalue weighted by atomic mass is 10.2. The van der Waals surface area contributed by atoms with E-state index >= 15 is 0 Å². The van der Waals surface area contributed by atoms with Crippen LogP contribution in [0.15, 0.2) is 18.2 Å². The van der Waals surface area contributed by atoms with Crippen molar-refractivity contribution in [3.63, 3.8) is 0 Å². The van der Waals surface area contributed by atoms with Gasteiger partial charge in [0.2, 0.25) is 5.91 Å². The Hall–Kier alpha value is -1.65. The number of benzene rings is 1. The molecule has 0 spiro atoms. The summed E-state index contributed by atoms with van der Waals surface area (Å²) < 4.78 is 25.8. The van der Waals surface area contributed by atoms with Gasteiger partial charge in [-0.2, -0.15) is 0 Å². The number of rotatable bonds is 4. The van der Waals surface area contributed by atoms with E-state index in [4.69, 9.17) is 0 Å². The van der Waals surface area contributed by atoms with Crippen LogP contribution in [0, 0.1) is 11.6 Å². The van der Waals surface area contributed by atoms with Gasteiger partial charge in [0.15, 0.2) is 0 Å². The first-order valence-corrected chi connectivity index (χ1v) is 5.57. The van der Waals surface area contributed by atoms with Crippen molar-refractivity contribution in [2.24, 2.45) is 0 Å². The molecule has 1 fully saturated rings. The van der Waals surface area contributed by atoms with Gasteiger partial charge in [-0.1, -0.05) is 0 Å². The molecule has 0 saturated heterocycles. The zero-order valence-electron chi connectivity index (χ0n) is 9.47. The normalized spacial score (nSPS) is 16.4. The molecule has 0 aromatic heterocycles. The van der Waals surface area contributed by atoms with Crippen molar-refractivity contribution < 1.29 is 13.6 Å². The summed E-state index contributed by atoms with van der Waals surface area (Å²) in [5.41, 5.74) is 0.265. The van der Waals surface area contributed by atoms with Crippen molar-refractivity contribution in [3.8, 4) is 0 Å². The molecule has 0 bridgehead atoms. The van der Waals surface area contributed by atoms with Crippen molar-refractivity contribution in [3.05, 3.63) is 29.8 Å². The van der Waals surface area contributed by atoms with Crippen LogP contribution in [0.3, 0.4) is 0 Å². The third kappa shape index (κ3) is 3.41. The highest BCUT2D eigenvalue weighted by molar-refractivity contribution is 5.84. The van der Waals surface area contributed by atoms with Gasteiger partial charge in [-0.25, -0.2) is 8.78 Å². The minimum absolute atomic E-state index is 0.155. The molecule has 0 heterocycles. The Kier molecular flexibility index (Phi) is 3.26. The van der Waals surface area contributed by atoms with Crippen molar-refractivity contribution >= 4 is 11.6 Å². The van der Waals surface area contributed by atoms with Gasteiger partial charge in [-0.3, -0.25) is 4.79 Å². The fourth-order valence-corrected chi connectivity index (χ4v) is 1.51. The maximum absolute atomic E-state index is 12.9. The lowest BCUT2D eigenvalue weighted by Crippen LogP contribution is -2.38. The molecule has 1 aliphatic rings. The number of carbonyl (C=O) groups is 1. The second-order valence-corrected chi connectivity index (χ2v) is 4.31. The first-order chi connectivity index (χ1) is 8.04. The molecule has 1 aliphatic carbocycles. The highest BCUT2D eigenvalue weighted by Gasteiger charge is 2.25. The molecule has 2 rings (SSSR count). The SMILES string of the molecule is CC(Nc1cc(F)cc(F)c1)C(=O)NC1CC1. The number of nitrogens with one attached hydrogen (secondary N) is 2. The Morgan fingerprint density at radius 3 is 2.41 bits per heavy atom. The van der Waals surface area contributed by atoms with Gasteiger partial charge in [0, 0.05) is 17.8 Å². The monoisotopic (exact) mass is 240 g/mol. The average molecular weight is 240 g/mol. The molecule has 1 amide bonds. The summed E-state index contributed by atoms with van der Waals surface area (Å²) in [6.07, 6.45) is 2.01. The summed E-state index contributed by atoms with van der Waals surface area (Å²) in [6.45, 7) is 1.65. The van der Waals surface area contributed by atoms with Gasteiger partial charge in [-0.05, 0) is 31.9 Å². The van der Waals surface area contributed by atoms with Crippen LogP contribution in [0.5, 0.6) is 0 Å². The van der Waals surface area contributed by atoms with Crippen LogP contribution in [0.4, 0.5) is 14.5 Å². The van der Waals surface area contributed by atoms with E-state index in [1.165, 1.54) is 0 Å². The Morgan fingerprint density at radius 1 is 1.29 bits per heavy atom. The van der Waals surface area contributed by atoms with Gasteiger partial charge in [0.1, 0.15) is 17.7 Å². The number of amides is 1. The molecule has 92 valence electrons. The van der Waals surface area contributed by atoms with Crippen LogP contribution in [0.25, 0.3) is 0 Å². The van der Waals surface area contributed by atoms with E-state index in [0.29, 0.717) is 0 Å². The van der Waals surface area contributed by atoms with Gasteiger partial charge in [-0.15, -0.1) is 0 Å². The number of hydrogen-bond donors (Lipinski definition) is 2. The van der Waals surface area contributed by atoms with E-state index in [9.17, 15) is 13.6 Å². The van der Waals surface area contributed by atoms with Gasteiger partial charge < -0.3 is 10.6 Å². The minimum atomic E-state index is -0.665. The summed E-state index contributed by atoms with van der Waals surface area (Å²) in [7, 11) is 0. The third-order valence-electron chi connectivity index (χ3n) is 2.56. The number of carbonyl (C=O) groups excluding carboxylic acids is 1. The molecule has 1 unspecified atom stereocenters. The lowest BCUT2D eigenvalue weighted by molar-refractivity contribution is -0.121. The van der Waals surface area contributed by atoms with Crippen molar-refractivity contribution in [1.82, 2.24) is 5.32 Å². The van der Waals surface area contributed by atoms with Crippen LogP contribution in [-0.2, 0) is 4.79 Å². The Bertz CT molecular complexity index is 412. The van der Waals surface area contributed by atoms with Crippen molar-refractivity contribution in [2.75, 3.05) is 5.32 Å². The largest absolute Gasteiger partial charge is 0.374 e. The summed E-state index contributed by atoms with van der Waals surface area (Å²) in [6, 6.07) is 2.86. The predicted octanol–water partition coefficient (Wildman–Crippen LogP) is 2.04. The molecule has 0 aliphatic heterocycles. The molecule has 0 radical (unpaired) electrons. The first-order valence-electron chi connectivity index (χ1n) is 5.57. The number of halogens is 2. The summed E-state index contributed by atoms with van der Waals surface area (Å²) in [5.74, 6) is -1.48. The fourth-order valence-electron chi connectivity index (χ4n) is 1.51. The van der Waals surface area contributed by atoms with E-state index in [-0.39, 0.29) is 17.6 Å². The Labute approximate surface area is 98.2 Å². The lowest BCUT2D eigenvalue weighted by Gasteiger charge is -2.15. The minimum Gasteiger partial charge on any atom is -0.374 e. The first kappa shape index (κ1) is 11.8.